The van der Waals surface area contributed by atoms with Gasteiger partial charge in [-0.15, -0.1) is 0 Å². The Morgan fingerprint density at radius 1 is 1.10 bits per heavy atom. The van der Waals surface area contributed by atoms with Crippen LogP contribution in [-0.4, -0.2) is 20.0 Å². The second kappa shape index (κ2) is 5.97. The molecule has 2 rings (SSSR count). The molecule has 104 valence electrons. The molecule has 1 amide bonds. The molecule has 0 atom stereocenters. The van der Waals surface area contributed by atoms with Crippen molar-refractivity contribution in [1.29, 1.82) is 0 Å². The number of hydrogen-bond acceptors (Lipinski definition) is 2. The normalized spacial score (nSPS) is 10.2. The number of aryl methyl sites for hydroxylation is 1. The molecular formula is C16H17ClN2O. The maximum atomic E-state index is 12.2. The average Bonchev–Trinajstić information content (AvgIpc) is 2.43. The fraction of sp³-hybridized carbons (Fsp3) is 0.188. The van der Waals surface area contributed by atoms with E-state index in [0.717, 1.165) is 16.9 Å². The van der Waals surface area contributed by atoms with Crippen LogP contribution in [0.4, 0.5) is 11.4 Å². The Labute approximate surface area is 124 Å². The van der Waals surface area contributed by atoms with Gasteiger partial charge in [0.1, 0.15) is 0 Å². The van der Waals surface area contributed by atoms with Crippen LogP contribution in [0.15, 0.2) is 42.5 Å². The van der Waals surface area contributed by atoms with Crippen LogP contribution >= 0.6 is 11.6 Å². The fourth-order valence-corrected chi connectivity index (χ4v) is 2.01. The molecule has 0 aromatic heterocycles. The molecule has 2 aromatic carbocycles. The number of carbonyl (C=O) groups is 1. The van der Waals surface area contributed by atoms with Crippen LogP contribution in [0.2, 0.25) is 5.02 Å². The first-order chi connectivity index (χ1) is 9.47. The molecule has 0 aliphatic carbocycles. The van der Waals surface area contributed by atoms with Crippen molar-refractivity contribution in [2.45, 2.75) is 6.92 Å². The number of halogens is 1. The topological polar surface area (TPSA) is 32.3 Å². The van der Waals surface area contributed by atoms with Gasteiger partial charge < -0.3 is 10.2 Å². The van der Waals surface area contributed by atoms with Gasteiger partial charge in [0.05, 0.1) is 0 Å². The van der Waals surface area contributed by atoms with E-state index in [1.165, 1.54) is 0 Å². The predicted octanol–water partition coefficient (Wildman–Crippen LogP) is 3.97. The van der Waals surface area contributed by atoms with E-state index in [1.807, 2.05) is 56.3 Å². The first kappa shape index (κ1) is 14.4. The van der Waals surface area contributed by atoms with E-state index < -0.39 is 0 Å². The quantitative estimate of drug-likeness (QED) is 0.927. The molecule has 0 fully saturated rings. The van der Waals surface area contributed by atoms with Crippen LogP contribution < -0.4 is 10.2 Å². The third-order valence-electron chi connectivity index (χ3n) is 3.09. The summed E-state index contributed by atoms with van der Waals surface area (Å²) >= 11 is 5.95. The summed E-state index contributed by atoms with van der Waals surface area (Å²) in [6, 6.07) is 12.9. The van der Waals surface area contributed by atoms with Gasteiger partial charge in [0.15, 0.2) is 0 Å². The van der Waals surface area contributed by atoms with E-state index in [1.54, 1.807) is 12.1 Å². The van der Waals surface area contributed by atoms with E-state index in [-0.39, 0.29) is 5.91 Å². The molecule has 0 bridgehead atoms. The molecule has 0 unspecified atom stereocenters. The molecule has 3 nitrogen and oxygen atoms in total. The second-order valence-corrected chi connectivity index (χ2v) is 5.29. The Morgan fingerprint density at radius 3 is 2.35 bits per heavy atom. The van der Waals surface area contributed by atoms with E-state index in [4.69, 9.17) is 11.6 Å². The fourth-order valence-electron chi connectivity index (χ4n) is 1.83. The van der Waals surface area contributed by atoms with Crippen molar-refractivity contribution < 1.29 is 4.79 Å². The molecule has 1 N–H and O–H groups in total. The second-order valence-electron chi connectivity index (χ2n) is 4.85. The molecule has 0 radical (unpaired) electrons. The zero-order valence-corrected chi connectivity index (χ0v) is 12.5. The van der Waals surface area contributed by atoms with E-state index in [2.05, 4.69) is 5.32 Å². The summed E-state index contributed by atoms with van der Waals surface area (Å²) in [6.07, 6.45) is 0. The highest BCUT2D eigenvalue weighted by atomic mass is 35.5. The smallest absolute Gasteiger partial charge is 0.255 e. The lowest BCUT2D eigenvalue weighted by Gasteiger charge is -2.13. The van der Waals surface area contributed by atoms with Crippen molar-refractivity contribution in [1.82, 2.24) is 0 Å². The molecule has 4 heteroatoms. The Balaban J connectivity index is 2.17. The number of carbonyl (C=O) groups excluding carboxylic acids is 1. The number of anilines is 2. The van der Waals surface area contributed by atoms with Crippen molar-refractivity contribution in [3.8, 4) is 0 Å². The number of nitrogens with zero attached hydrogens (tertiary/aromatic N) is 1. The van der Waals surface area contributed by atoms with Crippen LogP contribution in [0.25, 0.3) is 0 Å². The zero-order chi connectivity index (χ0) is 14.7. The zero-order valence-electron chi connectivity index (χ0n) is 11.8. The third kappa shape index (κ3) is 3.31. The van der Waals surface area contributed by atoms with Crippen molar-refractivity contribution in [3.05, 3.63) is 58.6 Å². The summed E-state index contributed by atoms with van der Waals surface area (Å²) < 4.78 is 0. The molecule has 0 heterocycles. The van der Waals surface area contributed by atoms with Gasteiger partial charge in [-0.05, 0) is 48.9 Å². The van der Waals surface area contributed by atoms with E-state index >= 15 is 0 Å². The SMILES string of the molecule is Cc1ccc(Cl)cc1NC(=O)c1ccc(N(C)C)cc1. The van der Waals surface area contributed by atoms with Crippen molar-refractivity contribution in [2.75, 3.05) is 24.3 Å². The average molecular weight is 289 g/mol. The minimum absolute atomic E-state index is 0.138. The first-order valence-electron chi connectivity index (χ1n) is 6.32. The number of benzene rings is 2. The number of nitrogens with one attached hydrogen (secondary N) is 1. The molecule has 0 aliphatic heterocycles. The Hall–Kier alpha value is -2.00. The Kier molecular flexibility index (Phi) is 4.30. The highest BCUT2D eigenvalue weighted by Gasteiger charge is 2.08. The van der Waals surface area contributed by atoms with Gasteiger partial charge >= 0.3 is 0 Å². The lowest BCUT2D eigenvalue weighted by Crippen LogP contribution is -2.13. The molecule has 20 heavy (non-hydrogen) atoms. The summed E-state index contributed by atoms with van der Waals surface area (Å²) in [5, 5.41) is 3.48. The minimum Gasteiger partial charge on any atom is -0.378 e. The van der Waals surface area contributed by atoms with Crippen molar-refractivity contribution in [3.63, 3.8) is 0 Å². The third-order valence-corrected chi connectivity index (χ3v) is 3.33. The maximum Gasteiger partial charge on any atom is 0.255 e. The van der Waals surface area contributed by atoms with Crippen molar-refractivity contribution >= 4 is 28.9 Å². The van der Waals surface area contributed by atoms with Crippen LogP contribution in [-0.2, 0) is 0 Å². The number of hydrogen-bond donors (Lipinski definition) is 1. The molecular weight excluding hydrogens is 272 g/mol. The standard InChI is InChI=1S/C16H17ClN2O/c1-11-4-7-13(17)10-15(11)18-16(20)12-5-8-14(9-6-12)19(2)3/h4-10H,1-3H3,(H,18,20). The summed E-state index contributed by atoms with van der Waals surface area (Å²) in [5.74, 6) is -0.138. The predicted molar refractivity (Wildman–Crippen MR) is 84.9 cm³/mol. The van der Waals surface area contributed by atoms with Crippen LogP contribution in [0.5, 0.6) is 0 Å². The van der Waals surface area contributed by atoms with E-state index in [0.29, 0.717) is 10.6 Å². The summed E-state index contributed by atoms with van der Waals surface area (Å²) in [4.78, 5) is 14.2. The van der Waals surface area contributed by atoms with Gasteiger partial charge in [-0.1, -0.05) is 17.7 Å². The molecule has 0 spiro atoms. The van der Waals surface area contributed by atoms with E-state index in [9.17, 15) is 4.79 Å². The van der Waals surface area contributed by atoms with Gasteiger partial charge in [0.2, 0.25) is 0 Å². The molecule has 0 saturated carbocycles. The highest BCUT2D eigenvalue weighted by molar-refractivity contribution is 6.31. The largest absolute Gasteiger partial charge is 0.378 e. The van der Waals surface area contributed by atoms with Gasteiger partial charge in [0, 0.05) is 36.1 Å². The Bertz CT molecular complexity index is 621. The summed E-state index contributed by atoms with van der Waals surface area (Å²) in [5.41, 5.74) is 3.39. The van der Waals surface area contributed by atoms with Gasteiger partial charge in [-0.3, -0.25) is 4.79 Å². The van der Waals surface area contributed by atoms with Crippen molar-refractivity contribution in [2.24, 2.45) is 0 Å². The van der Waals surface area contributed by atoms with Gasteiger partial charge in [-0.2, -0.15) is 0 Å². The van der Waals surface area contributed by atoms with Crippen LogP contribution in [0.1, 0.15) is 15.9 Å². The van der Waals surface area contributed by atoms with Gasteiger partial charge in [0.25, 0.3) is 5.91 Å². The molecule has 2 aromatic rings. The number of amides is 1. The lowest BCUT2D eigenvalue weighted by molar-refractivity contribution is 0.102. The maximum absolute atomic E-state index is 12.2. The molecule has 0 aliphatic rings. The first-order valence-corrected chi connectivity index (χ1v) is 6.70. The minimum atomic E-state index is -0.138. The molecule has 0 saturated heterocycles. The summed E-state index contributed by atoms with van der Waals surface area (Å²) in [6.45, 7) is 1.93. The summed E-state index contributed by atoms with van der Waals surface area (Å²) in [7, 11) is 3.93. The van der Waals surface area contributed by atoms with Crippen LogP contribution in [0, 0.1) is 6.92 Å². The lowest BCUT2D eigenvalue weighted by atomic mass is 10.1. The van der Waals surface area contributed by atoms with Crippen LogP contribution in [0.3, 0.4) is 0 Å². The Morgan fingerprint density at radius 2 is 1.75 bits per heavy atom. The van der Waals surface area contributed by atoms with Gasteiger partial charge in [-0.25, -0.2) is 0 Å². The number of rotatable bonds is 3. The monoisotopic (exact) mass is 288 g/mol. The highest BCUT2D eigenvalue weighted by Crippen LogP contribution is 2.21.